The first-order valence-corrected chi connectivity index (χ1v) is 16.6. The monoisotopic (exact) mass is 691 g/mol. The number of aromatic nitrogens is 2. The normalized spacial score (nSPS) is 17.3. The summed E-state index contributed by atoms with van der Waals surface area (Å²) >= 11 is 13.9. The van der Waals surface area contributed by atoms with Gasteiger partial charge in [0, 0.05) is 79.6 Å². The van der Waals surface area contributed by atoms with Crippen molar-refractivity contribution in [2.75, 3.05) is 25.5 Å². The first-order valence-electron chi connectivity index (χ1n) is 15.8. The lowest BCUT2D eigenvalue weighted by Gasteiger charge is -2.16. The van der Waals surface area contributed by atoms with Crippen LogP contribution in [0.25, 0.3) is 22.5 Å². The molecule has 2 saturated heterocycles. The van der Waals surface area contributed by atoms with Crippen molar-refractivity contribution in [2.24, 2.45) is 0 Å². The molecule has 0 saturated carbocycles. The molecule has 250 valence electrons. The van der Waals surface area contributed by atoms with Crippen molar-refractivity contribution in [3.63, 3.8) is 0 Å². The van der Waals surface area contributed by atoms with Gasteiger partial charge in [-0.1, -0.05) is 53.5 Å². The number of amides is 2. The van der Waals surface area contributed by atoms with Crippen LogP contribution in [0.3, 0.4) is 0 Å². The maximum atomic E-state index is 15.5. The summed E-state index contributed by atoms with van der Waals surface area (Å²) in [5.41, 5.74) is 4.38. The van der Waals surface area contributed by atoms with E-state index < -0.39 is 5.82 Å². The second-order valence-corrected chi connectivity index (χ2v) is 12.6. The lowest BCUT2D eigenvalue weighted by molar-refractivity contribution is -0.120. The molecule has 2 atom stereocenters. The zero-order valence-corrected chi connectivity index (χ0v) is 27.8. The number of ether oxygens (including phenoxy) is 1. The van der Waals surface area contributed by atoms with E-state index in [0.29, 0.717) is 88.7 Å². The van der Waals surface area contributed by atoms with E-state index in [9.17, 15) is 9.59 Å². The van der Waals surface area contributed by atoms with Crippen LogP contribution in [-0.4, -0.2) is 54.1 Å². The lowest BCUT2D eigenvalue weighted by Crippen LogP contribution is -2.35. The number of carbonyl (C=O) groups is 2. The molecule has 6 rings (SSSR count). The van der Waals surface area contributed by atoms with Gasteiger partial charge in [-0.2, -0.15) is 0 Å². The molecule has 4 heterocycles. The van der Waals surface area contributed by atoms with E-state index in [-0.39, 0.29) is 29.6 Å². The zero-order chi connectivity index (χ0) is 33.6. The highest BCUT2D eigenvalue weighted by atomic mass is 35.5. The maximum Gasteiger partial charge on any atom is 0.220 e. The molecule has 0 spiro atoms. The van der Waals surface area contributed by atoms with Crippen LogP contribution < -0.4 is 31.3 Å². The Kier molecular flexibility index (Phi) is 10.7. The summed E-state index contributed by atoms with van der Waals surface area (Å²) in [5.74, 6) is 0.188. The van der Waals surface area contributed by atoms with E-state index in [2.05, 4.69) is 31.6 Å². The van der Waals surface area contributed by atoms with Gasteiger partial charge >= 0.3 is 0 Å². The molecular weight excluding hydrogens is 656 g/mol. The SMILES string of the molecule is COc1nc(-c2ccnc(-c3cccc(Nc4cccc(CNC[C@H]5CCC(=O)N5)c4F)c3Cl)c2Cl)ccc1CNC[C@H]1CCC(=O)N1. The Balaban J connectivity index is 1.17. The minimum Gasteiger partial charge on any atom is -0.481 e. The number of anilines is 2. The molecule has 0 aliphatic carbocycles. The van der Waals surface area contributed by atoms with Crippen molar-refractivity contribution in [2.45, 2.75) is 50.9 Å². The predicted octanol–water partition coefficient (Wildman–Crippen LogP) is 5.75. The summed E-state index contributed by atoms with van der Waals surface area (Å²) < 4.78 is 21.1. The van der Waals surface area contributed by atoms with Gasteiger partial charge in [-0.25, -0.2) is 9.37 Å². The first kappa shape index (κ1) is 33.6. The smallest absolute Gasteiger partial charge is 0.220 e. The average Bonchev–Trinajstić information content (AvgIpc) is 3.70. The molecule has 2 aliphatic heterocycles. The van der Waals surface area contributed by atoms with Crippen LogP contribution in [-0.2, 0) is 22.7 Å². The van der Waals surface area contributed by atoms with Gasteiger partial charge in [0.05, 0.1) is 39.9 Å². The molecule has 0 bridgehead atoms. The van der Waals surface area contributed by atoms with Crippen molar-refractivity contribution in [3.8, 4) is 28.4 Å². The molecule has 0 unspecified atom stereocenters. The molecule has 2 aromatic heterocycles. The van der Waals surface area contributed by atoms with Crippen LogP contribution in [0.4, 0.5) is 15.8 Å². The number of carbonyl (C=O) groups excluding carboxylic acids is 2. The molecule has 2 amide bonds. The van der Waals surface area contributed by atoms with Gasteiger partial charge in [0.2, 0.25) is 17.7 Å². The Morgan fingerprint density at radius 3 is 2.17 bits per heavy atom. The van der Waals surface area contributed by atoms with Crippen LogP contribution in [0.1, 0.15) is 36.8 Å². The number of nitrogens with one attached hydrogen (secondary N) is 5. The lowest BCUT2D eigenvalue weighted by atomic mass is 10.0. The standard InChI is InChI=1S/C35H36Cl2FN7O3/c1-48-35-21(17-40-19-23-10-13-30(47)43-23)8-11-26(45-35)24-14-15-41-34(32(24)37)25-5-3-6-27(31(25)36)44-28-7-2-4-20(33(28)38)16-39-18-22-9-12-29(46)42-22/h2-8,11,14-15,22-23,39-40,44H,9-10,12-13,16-19H2,1H3,(H,42,46)(H,43,47)/t22-,23-/m1/s1. The van der Waals surface area contributed by atoms with Gasteiger partial charge in [0.25, 0.3) is 0 Å². The fraction of sp³-hybridized carbons (Fsp3) is 0.314. The number of rotatable bonds is 13. The Bertz CT molecular complexity index is 1830. The van der Waals surface area contributed by atoms with E-state index in [1.807, 2.05) is 12.1 Å². The highest BCUT2D eigenvalue weighted by Crippen LogP contribution is 2.41. The topological polar surface area (TPSA) is 129 Å². The summed E-state index contributed by atoms with van der Waals surface area (Å²) in [4.78, 5) is 32.2. The number of hydrogen-bond acceptors (Lipinski definition) is 8. The molecule has 2 aromatic carbocycles. The quantitative estimate of drug-likeness (QED) is 0.120. The average molecular weight is 693 g/mol. The fourth-order valence-corrected chi connectivity index (χ4v) is 6.53. The van der Waals surface area contributed by atoms with Gasteiger partial charge in [-0.05, 0) is 37.1 Å². The summed E-state index contributed by atoms with van der Waals surface area (Å²) in [7, 11) is 1.57. The number of pyridine rings is 2. The van der Waals surface area contributed by atoms with E-state index in [1.165, 1.54) is 0 Å². The third kappa shape index (κ3) is 7.71. The highest BCUT2D eigenvalue weighted by Gasteiger charge is 2.22. The fourth-order valence-electron chi connectivity index (χ4n) is 5.95. The number of nitrogens with zero attached hydrogens (tertiary/aromatic N) is 2. The van der Waals surface area contributed by atoms with Gasteiger partial charge in [0.1, 0.15) is 0 Å². The predicted molar refractivity (Wildman–Crippen MR) is 185 cm³/mol. The summed E-state index contributed by atoms with van der Waals surface area (Å²) in [5, 5.41) is 16.3. The van der Waals surface area contributed by atoms with E-state index in [4.69, 9.17) is 32.9 Å². The molecule has 48 heavy (non-hydrogen) atoms. The first-order chi connectivity index (χ1) is 23.3. The van der Waals surface area contributed by atoms with Crippen molar-refractivity contribution >= 4 is 46.4 Å². The van der Waals surface area contributed by atoms with Gasteiger partial charge < -0.3 is 31.3 Å². The highest BCUT2D eigenvalue weighted by molar-refractivity contribution is 6.39. The Hall–Kier alpha value is -4.29. The van der Waals surface area contributed by atoms with E-state index >= 15 is 4.39 Å². The Morgan fingerprint density at radius 1 is 0.833 bits per heavy atom. The minimum absolute atomic E-state index is 0.0464. The van der Waals surface area contributed by atoms with Crippen LogP contribution in [0.5, 0.6) is 5.88 Å². The molecule has 10 nitrogen and oxygen atoms in total. The molecule has 2 fully saturated rings. The molecule has 5 N–H and O–H groups in total. The third-order valence-electron chi connectivity index (χ3n) is 8.48. The van der Waals surface area contributed by atoms with Crippen molar-refractivity contribution in [1.29, 1.82) is 0 Å². The molecule has 13 heteroatoms. The molecule has 0 radical (unpaired) electrons. The largest absolute Gasteiger partial charge is 0.481 e. The number of hydrogen-bond donors (Lipinski definition) is 5. The summed E-state index contributed by atoms with van der Waals surface area (Å²) in [6.07, 6.45) is 4.30. The van der Waals surface area contributed by atoms with Crippen LogP contribution in [0.2, 0.25) is 10.0 Å². The minimum atomic E-state index is -0.399. The van der Waals surface area contributed by atoms with E-state index in [1.54, 1.807) is 55.8 Å². The van der Waals surface area contributed by atoms with Crippen molar-refractivity contribution in [1.82, 2.24) is 31.2 Å². The number of halogens is 3. The molecule has 2 aliphatic rings. The molecule has 4 aromatic rings. The van der Waals surface area contributed by atoms with E-state index in [0.717, 1.165) is 18.4 Å². The Labute approximate surface area is 288 Å². The maximum absolute atomic E-state index is 15.5. The van der Waals surface area contributed by atoms with Crippen molar-refractivity contribution < 1.29 is 18.7 Å². The second kappa shape index (κ2) is 15.3. The van der Waals surface area contributed by atoms with Gasteiger partial charge in [-0.3, -0.25) is 14.6 Å². The van der Waals surface area contributed by atoms with Crippen LogP contribution >= 0.6 is 23.2 Å². The number of benzene rings is 2. The van der Waals surface area contributed by atoms with Gasteiger partial charge in [-0.15, -0.1) is 0 Å². The van der Waals surface area contributed by atoms with Crippen LogP contribution in [0.15, 0.2) is 60.8 Å². The number of methoxy groups -OCH3 is 1. The van der Waals surface area contributed by atoms with Crippen molar-refractivity contribution in [3.05, 3.63) is 87.8 Å². The zero-order valence-electron chi connectivity index (χ0n) is 26.3. The summed E-state index contributed by atoms with van der Waals surface area (Å²) in [6, 6.07) is 16.3. The van der Waals surface area contributed by atoms with Gasteiger partial charge in [0.15, 0.2) is 5.82 Å². The third-order valence-corrected chi connectivity index (χ3v) is 9.27. The summed E-state index contributed by atoms with van der Waals surface area (Å²) in [6.45, 7) is 2.05. The second-order valence-electron chi connectivity index (χ2n) is 11.8. The molecular formula is C35H36Cl2FN7O3. The Morgan fingerprint density at radius 2 is 1.50 bits per heavy atom. The van der Waals surface area contributed by atoms with Crippen LogP contribution in [0, 0.1) is 5.82 Å².